The lowest BCUT2D eigenvalue weighted by Crippen LogP contribution is -2.43. The summed E-state index contributed by atoms with van der Waals surface area (Å²) >= 11 is 0. The number of aromatic hydroxyl groups is 1. The minimum atomic E-state index is -4.58. The largest absolute Gasteiger partial charge is 0.507 e. The fraction of sp³-hybridized carbons (Fsp3) is 0.161. The van der Waals surface area contributed by atoms with Crippen molar-refractivity contribution in [1.29, 1.82) is 0 Å². The first kappa shape index (κ1) is 30.2. The number of alkyl halides is 6. The van der Waals surface area contributed by atoms with E-state index >= 15 is 0 Å². The van der Waals surface area contributed by atoms with E-state index in [2.05, 4.69) is 5.32 Å². The summed E-state index contributed by atoms with van der Waals surface area (Å²) < 4.78 is 84.6. The third-order valence-electron chi connectivity index (χ3n) is 6.49. The Morgan fingerprint density at radius 2 is 1.43 bits per heavy atom. The fourth-order valence-electron chi connectivity index (χ4n) is 4.38. The highest BCUT2D eigenvalue weighted by Gasteiger charge is 2.33. The smallest absolute Gasteiger partial charge is 0.417 e. The van der Waals surface area contributed by atoms with Gasteiger partial charge in [-0.1, -0.05) is 60.7 Å². The molecule has 0 saturated heterocycles. The van der Waals surface area contributed by atoms with Crippen LogP contribution >= 0.6 is 0 Å². The second kappa shape index (κ2) is 12.0. The van der Waals surface area contributed by atoms with Crippen LogP contribution < -0.4 is 5.32 Å². The molecule has 5 nitrogen and oxygen atoms in total. The molecule has 0 heterocycles. The fourth-order valence-corrected chi connectivity index (χ4v) is 4.38. The highest BCUT2D eigenvalue weighted by molar-refractivity contribution is 6.00. The Morgan fingerprint density at radius 1 is 0.786 bits per heavy atom. The van der Waals surface area contributed by atoms with Gasteiger partial charge in [0.15, 0.2) is 0 Å². The zero-order chi connectivity index (χ0) is 30.7. The van der Waals surface area contributed by atoms with Crippen molar-refractivity contribution >= 4 is 11.9 Å². The molecule has 4 aromatic rings. The number of carbonyl (C=O) groups excluding carboxylic acids is 2. The van der Waals surface area contributed by atoms with E-state index in [-0.39, 0.29) is 28.7 Å². The Kier molecular flexibility index (Phi) is 8.60. The Hall–Kier alpha value is -4.80. The number of hydrogen-bond donors (Lipinski definition) is 2. The predicted molar refractivity (Wildman–Crippen MR) is 142 cm³/mol. The van der Waals surface area contributed by atoms with Gasteiger partial charge in [0.05, 0.1) is 23.8 Å². The van der Waals surface area contributed by atoms with Crippen molar-refractivity contribution in [3.8, 4) is 28.0 Å². The van der Waals surface area contributed by atoms with E-state index in [0.29, 0.717) is 11.1 Å². The number of phenolic OH excluding ortho intramolecular Hbond substituents is 1. The first-order valence-corrected chi connectivity index (χ1v) is 12.4. The van der Waals surface area contributed by atoms with Crippen LogP contribution in [0.5, 0.6) is 5.75 Å². The number of esters is 1. The van der Waals surface area contributed by atoms with Gasteiger partial charge in [0.1, 0.15) is 11.8 Å². The van der Waals surface area contributed by atoms with E-state index in [1.54, 1.807) is 0 Å². The molecule has 4 rings (SSSR count). The molecule has 0 aliphatic carbocycles. The van der Waals surface area contributed by atoms with Gasteiger partial charge >= 0.3 is 18.3 Å². The van der Waals surface area contributed by atoms with Gasteiger partial charge in [-0.15, -0.1) is 0 Å². The number of ether oxygens (including phenoxy) is 1. The van der Waals surface area contributed by atoms with E-state index in [9.17, 15) is 41.0 Å². The third-order valence-corrected chi connectivity index (χ3v) is 6.49. The molecular weight excluding hydrogens is 564 g/mol. The van der Waals surface area contributed by atoms with Gasteiger partial charge < -0.3 is 15.2 Å². The van der Waals surface area contributed by atoms with Gasteiger partial charge in [-0.2, -0.15) is 26.3 Å². The Bertz CT molecular complexity index is 1600. The molecule has 1 atom stereocenters. The highest BCUT2D eigenvalue weighted by Crippen LogP contribution is 2.37. The molecular formula is C31H23F6NO4. The number of hydrogen-bond acceptors (Lipinski definition) is 4. The number of rotatable bonds is 7. The second-order valence-corrected chi connectivity index (χ2v) is 9.30. The maximum atomic E-state index is 13.4. The molecule has 0 saturated carbocycles. The summed E-state index contributed by atoms with van der Waals surface area (Å²) in [6.07, 6.45) is -9.24. The number of halogens is 6. The normalized spacial score (nSPS) is 12.5. The summed E-state index contributed by atoms with van der Waals surface area (Å²) in [6, 6.07) is 17.9. The van der Waals surface area contributed by atoms with Crippen molar-refractivity contribution in [3.05, 3.63) is 113 Å². The maximum absolute atomic E-state index is 13.4. The van der Waals surface area contributed by atoms with E-state index in [4.69, 9.17) is 4.74 Å². The minimum absolute atomic E-state index is 0.0227. The molecule has 218 valence electrons. The lowest BCUT2D eigenvalue weighted by molar-refractivity contribution is -0.143. The monoisotopic (exact) mass is 587 g/mol. The van der Waals surface area contributed by atoms with Crippen LogP contribution in [0.2, 0.25) is 0 Å². The molecule has 42 heavy (non-hydrogen) atoms. The standard InChI is InChI=1S/C31H23F6NO4/c1-42-29(41)26(15-18-9-11-19(12-10-18)23-7-2-3-8-25(23)31(35,36)37)38-28(40)24-17-21(13-14-27(24)39)20-5-4-6-22(16-20)30(32,33)34/h2-14,16-17,26,39H,15H2,1H3,(H,38,40)/t26-/m0/s1. The molecule has 0 bridgehead atoms. The lowest BCUT2D eigenvalue weighted by atomic mass is 9.96. The first-order valence-electron chi connectivity index (χ1n) is 12.4. The maximum Gasteiger partial charge on any atom is 0.417 e. The van der Waals surface area contributed by atoms with Crippen molar-refractivity contribution in [2.75, 3.05) is 7.11 Å². The molecule has 4 aromatic carbocycles. The van der Waals surface area contributed by atoms with Gasteiger partial charge in [-0.3, -0.25) is 4.79 Å². The molecule has 2 N–H and O–H groups in total. The van der Waals surface area contributed by atoms with Gasteiger partial charge in [0, 0.05) is 6.42 Å². The van der Waals surface area contributed by atoms with Crippen LogP contribution in [0.3, 0.4) is 0 Å². The number of amides is 1. The zero-order valence-electron chi connectivity index (χ0n) is 21.9. The summed E-state index contributed by atoms with van der Waals surface area (Å²) in [5.41, 5.74) is -0.864. The predicted octanol–water partition coefficient (Wildman–Crippen LogP) is 7.28. The molecule has 0 unspecified atom stereocenters. The van der Waals surface area contributed by atoms with Crippen molar-refractivity contribution in [1.82, 2.24) is 5.32 Å². The van der Waals surface area contributed by atoms with E-state index < -0.39 is 47.1 Å². The Balaban J connectivity index is 1.56. The van der Waals surface area contributed by atoms with Crippen molar-refractivity contribution < 1.29 is 45.8 Å². The molecule has 0 spiro atoms. The molecule has 0 radical (unpaired) electrons. The summed E-state index contributed by atoms with van der Waals surface area (Å²) in [7, 11) is 1.10. The number of carbonyl (C=O) groups is 2. The van der Waals surface area contributed by atoms with Gasteiger partial charge in [0.25, 0.3) is 5.91 Å². The van der Waals surface area contributed by atoms with Crippen LogP contribution in [0.4, 0.5) is 26.3 Å². The summed E-state index contributed by atoms with van der Waals surface area (Å²) in [5, 5.41) is 12.8. The SMILES string of the molecule is COC(=O)[C@H](Cc1ccc(-c2ccccc2C(F)(F)F)cc1)NC(=O)c1cc(-c2cccc(C(F)(F)F)c2)ccc1O. The van der Waals surface area contributed by atoms with E-state index in [1.165, 1.54) is 66.7 Å². The average Bonchev–Trinajstić information content (AvgIpc) is 2.96. The topological polar surface area (TPSA) is 75.6 Å². The average molecular weight is 588 g/mol. The lowest BCUT2D eigenvalue weighted by Gasteiger charge is -2.18. The number of phenols is 1. The van der Waals surface area contributed by atoms with Crippen LogP contribution in [0, 0.1) is 0 Å². The number of nitrogens with one attached hydrogen (secondary N) is 1. The highest BCUT2D eigenvalue weighted by atomic mass is 19.4. The zero-order valence-corrected chi connectivity index (χ0v) is 21.9. The number of methoxy groups -OCH3 is 1. The van der Waals surface area contributed by atoms with E-state index in [1.807, 2.05) is 0 Å². The molecule has 11 heteroatoms. The van der Waals surface area contributed by atoms with Crippen LogP contribution in [0.1, 0.15) is 27.0 Å². The third kappa shape index (κ3) is 6.91. The van der Waals surface area contributed by atoms with Gasteiger partial charge in [-0.05, 0) is 58.1 Å². The molecule has 0 aliphatic heterocycles. The summed E-state index contributed by atoms with van der Waals surface area (Å²) in [6.45, 7) is 0. The molecule has 0 aliphatic rings. The van der Waals surface area contributed by atoms with Crippen LogP contribution in [-0.4, -0.2) is 30.1 Å². The van der Waals surface area contributed by atoms with Crippen LogP contribution in [0.25, 0.3) is 22.3 Å². The summed E-state index contributed by atoms with van der Waals surface area (Å²) in [5.74, 6) is -2.20. The Labute approximate surface area is 236 Å². The van der Waals surface area contributed by atoms with Crippen molar-refractivity contribution in [2.24, 2.45) is 0 Å². The molecule has 0 fully saturated rings. The molecule has 0 aromatic heterocycles. The van der Waals surface area contributed by atoms with E-state index in [0.717, 1.165) is 31.4 Å². The second-order valence-electron chi connectivity index (χ2n) is 9.30. The number of benzene rings is 4. The molecule has 1 amide bonds. The van der Waals surface area contributed by atoms with Gasteiger partial charge in [0.2, 0.25) is 0 Å². The van der Waals surface area contributed by atoms with Crippen LogP contribution in [-0.2, 0) is 28.3 Å². The Morgan fingerprint density at radius 3 is 2.07 bits per heavy atom. The van der Waals surface area contributed by atoms with Crippen LogP contribution in [0.15, 0.2) is 91.0 Å². The summed E-state index contributed by atoms with van der Waals surface area (Å²) in [4.78, 5) is 25.6. The van der Waals surface area contributed by atoms with Crippen molar-refractivity contribution in [2.45, 2.75) is 24.8 Å². The minimum Gasteiger partial charge on any atom is -0.507 e. The first-order chi connectivity index (χ1) is 19.8. The quantitative estimate of drug-likeness (QED) is 0.176. The van der Waals surface area contributed by atoms with Crippen molar-refractivity contribution in [3.63, 3.8) is 0 Å². The van der Waals surface area contributed by atoms with Gasteiger partial charge in [-0.25, -0.2) is 4.79 Å².